The Morgan fingerprint density at radius 2 is 1.75 bits per heavy atom. The van der Waals surface area contributed by atoms with E-state index in [0.29, 0.717) is 43.1 Å². The van der Waals surface area contributed by atoms with Crippen LogP contribution in [0.15, 0.2) is 47.1 Å². The van der Waals surface area contributed by atoms with Crippen molar-refractivity contribution >= 4 is 78.8 Å². The molecule has 322 valence electrons. The van der Waals surface area contributed by atoms with E-state index in [4.69, 9.17) is 10.5 Å². The number of hydrogen-bond acceptors (Lipinski definition) is 14. The number of rotatable bonds is 16. The Kier molecular flexibility index (Phi) is 11.3. The molecule has 1 unspecified atom stereocenters. The normalized spacial score (nSPS) is 23.7. The topological polar surface area (TPSA) is 264 Å². The second-order valence-electron chi connectivity index (χ2n) is 15.9. The number of anilines is 3. The third-order valence-electron chi connectivity index (χ3n) is 11.9. The monoisotopic (exact) mass is 924 g/mol. The molecule has 6 aliphatic rings. The van der Waals surface area contributed by atoms with Crippen LogP contribution in [0.3, 0.4) is 0 Å². The fourth-order valence-corrected chi connectivity index (χ4v) is 10.6. The number of imide groups is 2. The maximum Gasteiger partial charge on any atom is 0.266 e. The summed E-state index contributed by atoms with van der Waals surface area (Å²) in [6.45, 7) is 1.05. The van der Waals surface area contributed by atoms with E-state index in [0.717, 1.165) is 11.0 Å². The zero-order valence-corrected chi connectivity index (χ0v) is 35.0. The lowest BCUT2D eigenvalue weighted by atomic mass is 9.39. The van der Waals surface area contributed by atoms with E-state index < -0.39 is 56.8 Å². The molecule has 61 heavy (non-hydrogen) atoms. The lowest BCUT2D eigenvalue weighted by Crippen LogP contribution is -2.77. The zero-order valence-electron chi connectivity index (χ0n) is 32.6. The molecule has 3 aliphatic carbocycles. The molecule has 2 aromatic carbocycles. The standard InChI is InChI=1S/C39H42BrFN10O9S/c40-23-17-44-37(49-32(23)47-25-5-2-4-24(41)30(25)31(42)53)46-21-9-13-50(14-10-21)61(58,59)16-12-43-36(57)38-18-39(19-38,20-38)45-11-15-60-27-6-1-3-22-29(27)35(56)51(34(22)55)26-7-8-28(52)48-33(26)54/h1-6,17,21,26,45H,7-16,18-20H2,(H2,42,53)(H,43,57)(H,48,52,54)(H2,44,46,47,49). The Hall–Kier alpha value is -5.58. The van der Waals surface area contributed by atoms with Crippen LogP contribution in [-0.4, -0.2) is 119 Å². The predicted molar refractivity (Wildman–Crippen MR) is 219 cm³/mol. The number of hydrogen-bond donors (Lipinski definition) is 6. The fourth-order valence-electron chi connectivity index (χ4n) is 8.90. The zero-order chi connectivity index (χ0) is 43.3. The first-order chi connectivity index (χ1) is 29.1. The molecule has 3 saturated carbocycles. The van der Waals surface area contributed by atoms with Crippen LogP contribution >= 0.6 is 15.9 Å². The summed E-state index contributed by atoms with van der Waals surface area (Å²) in [4.78, 5) is 85.0. The van der Waals surface area contributed by atoms with Gasteiger partial charge in [0.05, 0.1) is 38.0 Å². The minimum Gasteiger partial charge on any atom is -0.491 e. The largest absolute Gasteiger partial charge is 0.491 e. The summed E-state index contributed by atoms with van der Waals surface area (Å²) in [5.41, 5.74) is 4.60. The minimum atomic E-state index is -3.66. The van der Waals surface area contributed by atoms with Gasteiger partial charge in [-0.15, -0.1) is 0 Å². The summed E-state index contributed by atoms with van der Waals surface area (Å²) < 4.78 is 48.5. The average Bonchev–Trinajstić information content (AvgIpc) is 3.44. The summed E-state index contributed by atoms with van der Waals surface area (Å²) in [5.74, 6) is -3.83. The molecule has 5 fully saturated rings. The van der Waals surface area contributed by atoms with Crippen molar-refractivity contribution in [3.05, 3.63) is 69.6 Å². The average molecular weight is 926 g/mol. The van der Waals surface area contributed by atoms with Crippen molar-refractivity contribution in [2.75, 3.05) is 49.2 Å². The summed E-state index contributed by atoms with van der Waals surface area (Å²) in [5, 5.41) is 14.6. The van der Waals surface area contributed by atoms with Crippen LogP contribution in [-0.2, 0) is 24.4 Å². The van der Waals surface area contributed by atoms with Crippen LogP contribution in [0.5, 0.6) is 5.75 Å². The van der Waals surface area contributed by atoms with E-state index in [1.807, 2.05) is 0 Å². The third-order valence-corrected chi connectivity index (χ3v) is 14.3. The maximum atomic E-state index is 14.3. The fraction of sp³-hybridized carbons (Fsp3) is 0.436. The Morgan fingerprint density at radius 1 is 1.02 bits per heavy atom. The highest BCUT2D eigenvalue weighted by molar-refractivity contribution is 9.10. The van der Waals surface area contributed by atoms with Crippen molar-refractivity contribution < 1.29 is 46.3 Å². The molecule has 0 radical (unpaired) electrons. The van der Waals surface area contributed by atoms with Gasteiger partial charge in [0, 0.05) is 50.4 Å². The number of carbonyl (C=O) groups is 6. The number of aromatic nitrogens is 2. The molecule has 6 amide bonds. The summed E-state index contributed by atoms with van der Waals surface area (Å²) >= 11 is 3.35. The van der Waals surface area contributed by atoms with Gasteiger partial charge in [-0.25, -0.2) is 22.1 Å². The SMILES string of the molecule is NC(=O)c1c(F)cccc1Nc1nc(NC2CCN(S(=O)(=O)CCNC(=O)C34CC(NCCOc5cccc6c5C(=O)N(C5CCC(=O)NC5=O)C6=O)(C3)C4)CC2)ncc1Br. The molecule has 9 rings (SSSR count). The van der Waals surface area contributed by atoms with Crippen LogP contribution in [0.4, 0.5) is 21.8 Å². The van der Waals surface area contributed by atoms with E-state index in [-0.39, 0.29) is 102 Å². The van der Waals surface area contributed by atoms with Gasteiger partial charge in [-0.2, -0.15) is 4.98 Å². The number of nitrogens with two attached hydrogens (primary N) is 1. The lowest BCUT2D eigenvalue weighted by Gasteiger charge is -2.69. The quantitative estimate of drug-likeness (QED) is 0.0880. The minimum absolute atomic E-state index is 0.0193. The predicted octanol–water partition coefficient (Wildman–Crippen LogP) is 1.54. The van der Waals surface area contributed by atoms with Crippen LogP contribution in [0.2, 0.25) is 0 Å². The van der Waals surface area contributed by atoms with E-state index in [2.05, 4.69) is 52.5 Å². The van der Waals surface area contributed by atoms with E-state index in [9.17, 15) is 41.6 Å². The molecule has 3 aromatic rings. The third kappa shape index (κ3) is 8.15. The van der Waals surface area contributed by atoms with Gasteiger partial charge in [0.1, 0.15) is 30.0 Å². The van der Waals surface area contributed by atoms with Gasteiger partial charge in [-0.1, -0.05) is 12.1 Å². The number of piperidine rings is 2. The Labute approximate surface area is 357 Å². The van der Waals surface area contributed by atoms with Gasteiger partial charge >= 0.3 is 0 Å². The van der Waals surface area contributed by atoms with Crippen molar-refractivity contribution in [1.82, 2.24) is 35.1 Å². The highest BCUT2D eigenvalue weighted by Gasteiger charge is 2.71. The lowest BCUT2D eigenvalue weighted by molar-refractivity contribution is -0.180. The van der Waals surface area contributed by atoms with Gasteiger partial charge in [-0.3, -0.25) is 39.0 Å². The molecule has 3 aliphatic heterocycles. The highest BCUT2D eigenvalue weighted by Crippen LogP contribution is 2.67. The second kappa shape index (κ2) is 16.4. The van der Waals surface area contributed by atoms with Crippen LogP contribution in [0.25, 0.3) is 0 Å². The number of nitrogens with zero attached hydrogens (tertiary/aromatic N) is 4. The first kappa shape index (κ1) is 42.1. The number of amides is 6. The van der Waals surface area contributed by atoms with Gasteiger partial charge in [-0.05, 0) is 78.7 Å². The van der Waals surface area contributed by atoms with E-state index in [1.165, 1.54) is 28.7 Å². The number of fused-ring (bicyclic) bond motifs is 1. The van der Waals surface area contributed by atoms with Crippen molar-refractivity contribution in [3.8, 4) is 5.75 Å². The van der Waals surface area contributed by atoms with E-state index in [1.54, 1.807) is 12.1 Å². The number of primary amides is 1. The summed E-state index contributed by atoms with van der Waals surface area (Å²) in [7, 11) is -3.66. The van der Waals surface area contributed by atoms with Gasteiger partial charge in [0.15, 0.2) is 0 Å². The number of benzene rings is 2. The van der Waals surface area contributed by atoms with Gasteiger partial charge < -0.3 is 31.7 Å². The summed E-state index contributed by atoms with van der Waals surface area (Å²) in [6.07, 6.45) is 4.28. The number of ether oxygens (including phenoxy) is 1. The van der Waals surface area contributed by atoms with Crippen LogP contribution in [0, 0.1) is 11.2 Å². The molecule has 7 N–H and O–H groups in total. The van der Waals surface area contributed by atoms with Crippen LogP contribution < -0.4 is 37.1 Å². The number of halogens is 2. The number of nitrogens with one attached hydrogen (secondary N) is 5. The van der Waals surface area contributed by atoms with Crippen molar-refractivity contribution in [1.29, 1.82) is 0 Å². The molecule has 2 saturated heterocycles. The first-order valence-corrected chi connectivity index (χ1v) is 22.1. The molecule has 4 heterocycles. The molecular formula is C39H42BrFN10O9S. The number of sulfonamides is 1. The molecule has 2 bridgehead atoms. The smallest absolute Gasteiger partial charge is 0.266 e. The number of carbonyl (C=O) groups excluding carboxylic acids is 6. The van der Waals surface area contributed by atoms with Crippen molar-refractivity contribution in [2.45, 2.75) is 62.6 Å². The molecule has 1 atom stereocenters. The van der Waals surface area contributed by atoms with Gasteiger partial charge in [0.2, 0.25) is 33.7 Å². The molecule has 0 spiro atoms. The van der Waals surface area contributed by atoms with Gasteiger partial charge in [0.25, 0.3) is 17.7 Å². The Morgan fingerprint density at radius 3 is 2.48 bits per heavy atom. The Balaban J connectivity index is 0.745. The Bertz CT molecular complexity index is 2450. The molecule has 22 heteroatoms. The first-order valence-electron chi connectivity index (χ1n) is 19.7. The van der Waals surface area contributed by atoms with E-state index >= 15 is 0 Å². The second-order valence-corrected chi connectivity index (χ2v) is 18.9. The molecular weight excluding hydrogens is 883 g/mol. The maximum absolute atomic E-state index is 14.3. The van der Waals surface area contributed by atoms with Crippen LogP contribution in [0.1, 0.15) is 76.0 Å². The van der Waals surface area contributed by atoms with Crippen molar-refractivity contribution in [2.24, 2.45) is 11.1 Å². The highest BCUT2D eigenvalue weighted by atomic mass is 79.9. The summed E-state index contributed by atoms with van der Waals surface area (Å²) in [6, 6.07) is 7.51. The van der Waals surface area contributed by atoms with Crippen molar-refractivity contribution in [3.63, 3.8) is 0 Å². The molecule has 1 aromatic heterocycles. The molecule has 19 nitrogen and oxygen atoms in total.